The summed E-state index contributed by atoms with van der Waals surface area (Å²) >= 11 is 0. The quantitative estimate of drug-likeness (QED) is 0.607. The van der Waals surface area contributed by atoms with E-state index >= 15 is 0 Å². The first-order valence-electron chi connectivity index (χ1n) is 8.48. The SMILES string of the molecule is CC(C)CN1CCN(Cc2cc([N+](=O)[O-])cc3c2OCOC3)CC1. The van der Waals surface area contributed by atoms with Gasteiger partial charge in [-0.15, -0.1) is 0 Å². The molecule has 0 aliphatic carbocycles. The lowest BCUT2D eigenvalue weighted by molar-refractivity contribution is -0.385. The second-order valence-electron chi connectivity index (χ2n) is 6.93. The first-order valence-corrected chi connectivity index (χ1v) is 8.48. The molecule has 2 aliphatic rings. The van der Waals surface area contributed by atoms with Crippen molar-refractivity contribution in [1.82, 2.24) is 9.80 Å². The van der Waals surface area contributed by atoms with E-state index in [9.17, 15) is 10.1 Å². The average Bonchev–Trinajstić information content (AvgIpc) is 2.56. The van der Waals surface area contributed by atoms with Gasteiger partial charge in [-0.05, 0) is 5.92 Å². The Bertz CT molecular complexity index is 598. The molecule has 0 unspecified atom stereocenters. The Balaban J connectivity index is 1.71. The Morgan fingerprint density at radius 2 is 1.92 bits per heavy atom. The summed E-state index contributed by atoms with van der Waals surface area (Å²) in [6.45, 7) is 10.9. The van der Waals surface area contributed by atoms with Crippen molar-refractivity contribution in [3.8, 4) is 5.75 Å². The number of benzene rings is 1. The molecule has 0 atom stereocenters. The van der Waals surface area contributed by atoms with Crippen molar-refractivity contribution in [2.75, 3.05) is 39.5 Å². The second kappa shape index (κ2) is 7.46. The minimum Gasteiger partial charge on any atom is -0.467 e. The number of ether oxygens (including phenoxy) is 2. The molecule has 132 valence electrons. The van der Waals surface area contributed by atoms with Crippen LogP contribution in [0.15, 0.2) is 12.1 Å². The molecule has 1 fully saturated rings. The van der Waals surface area contributed by atoms with Crippen LogP contribution in [0.1, 0.15) is 25.0 Å². The Morgan fingerprint density at radius 3 is 2.58 bits per heavy atom. The third kappa shape index (κ3) is 4.03. The molecule has 1 aromatic rings. The summed E-state index contributed by atoms with van der Waals surface area (Å²) < 4.78 is 10.9. The Morgan fingerprint density at radius 1 is 1.21 bits per heavy atom. The van der Waals surface area contributed by atoms with Gasteiger partial charge < -0.3 is 14.4 Å². The van der Waals surface area contributed by atoms with Crippen molar-refractivity contribution in [3.05, 3.63) is 33.4 Å². The van der Waals surface area contributed by atoms with Crippen LogP contribution in [0.25, 0.3) is 0 Å². The van der Waals surface area contributed by atoms with Crippen molar-refractivity contribution in [2.45, 2.75) is 27.0 Å². The highest BCUT2D eigenvalue weighted by molar-refractivity contribution is 5.50. The molecule has 1 aromatic carbocycles. The first-order chi connectivity index (χ1) is 11.5. The fourth-order valence-electron chi connectivity index (χ4n) is 3.39. The summed E-state index contributed by atoms with van der Waals surface area (Å²) in [6, 6.07) is 3.20. The Kier molecular flexibility index (Phi) is 5.33. The van der Waals surface area contributed by atoms with E-state index in [1.807, 2.05) is 0 Å². The zero-order valence-corrected chi connectivity index (χ0v) is 14.4. The molecule has 3 rings (SSSR count). The molecule has 2 heterocycles. The van der Waals surface area contributed by atoms with E-state index in [1.54, 1.807) is 12.1 Å². The molecule has 0 saturated carbocycles. The molecule has 0 spiro atoms. The molecule has 0 bridgehead atoms. The monoisotopic (exact) mass is 335 g/mol. The zero-order chi connectivity index (χ0) is 17.1. The van der Waals surface area contributed by atoms with Gasteiger partial charge in [0.15, 0.2) is 6.79 Å². The standard InChI is InChI=1S/C17H25N3O4/c1-13(2)9-18-3-5-19(6-4-18)10-14-7-16(20(21)22)8-15-11-23-12-24-17(14)15/h7-8,13H,3-6,9-12H2,1-2H3. The topological polar surface area (TPSA) is 68.1 Å². The van der Waals surface area contributed by atoms with Crippen LogP contribution in [0.2, 0.25) is 0 Å². The lowest BCUT2D eigenvalue weighted by Gasteiger charge is -2.36. The van der Waals surface area contributed by atoms with E-state index in [0.717, 1.165) is 49.6 Å². The van der Waals surface area contributed by atoms with Gasteiger partial charge in [-0.3, -0.25) is 15.0 Å². The van der Waals surface area contributed by atoms with Gasteiger partial charge in [0.25, 0.3) is 5.69 Å². The van der Waals surface area contributed by atoms with Crippen molar-refractivity contribution in [1.29, 1.82) is 0 Å². The number of hydrogen-bond donors (Lipinski definition) is 0. The normalized spacial score (nSPS) is 19.1. The van der Waals surface area contributed by atoms with Gasteiger partial charge >= 0.3 is 0 Å². The molecule has 7 nitrogen and oxygen atoms in total. The predicted octanol–water partition coefficient (Wildman–Crippen LogP) is 2.23. The zero-order valence-electron chi connectivity index (χ0n) is 14.4. The molecule has 2 aliphatic heterocycles. The Hall–Kier alpha value is -1.70. The largest absolute Gasteiger partial charge is 0.467 e. The van der Waals surface area contributed by atoms with Crippen LogP contribution in [-0.4, -0.2) is 54.2 Å². The molecule has 0 aromatic heterocycles. The summed E-state index contributed by atoms with van der Waals surface area (Å²) in [5.74, 6) is 1.44. The number of hydrogen-bond acceptors (Lipinski definition) is 6. The third-order valence-corrected chi connectivity index (χ3v) is 4.46. The van der Waals surface area contributed by atoms with E-state index in [2.05, 4.69) is 23.6 Å². The van der Waals surface area contributed by atoms with Crippen LogP contribution in [0.3, 0.4) is 0 Å². The lowest BCUT2D eigenvalue weighted by atomic mass is 10.1. The third-order valence-electron chi connectivity index (χ3n) is 4.46. The van der Waals surface area contributed by atoms with Gasteiger partial charge in [0.05, 0.1) is 11.5 Å². The summed E-state index contributed by atoms with van der Waals surface area (Å²) in [5, 5.41) is 11.2. The van der Waals surface area contributed by atoms with E-state index in [1.165, 1.54) is 0 Å². The summed E-state index contributed by atoms with van der Waals surface area (Å²) in [4.78, 5) is 15.7. The molecule has 0 N–H and O–H groups in total. The predicted molar refractivity (Wildman–Crippen MR) is 89.9 cm³/mol. The number of nitro groups is 1. The van der Waals surface area contributed by atoms with E-state index < -0.39 is 0 Å². The van der Waals surface area contributed by atoms with Crippen molar-refractivity contribution < 1.29 is 14.4 Å². The minimum absolute atomic E-state index is 0.108. The van der Waals surface area contributed by atoms with Gasteiger partial charge in [-0.1, -0.05) is 13.8 Å². The van der Waals surface area contributed by atoms with Gasteiger partial charge in [-0.25, -0.2) is 0 Å². The molecule has 0 radical (unpaired) electrons. The number of piperazine rings is 1. The van der Waals surface area contributed by atoms with Crippen LogP contribution < -0.4 is 4.74 Å². The lowest BCUT2D eigenvalue weighted by Crippen LogP contribution is -2.46. The molecule has 0 amide bonds. The van der Waals surface area contributed by atoms with Crippen LogP contribution in [0, 0.1) is 16.0 Å². The molecule has 1 saturated heterocycles. The van der Waals surface area contributed by atoms with Crippen LogP contribution in [0.4, 0.5) is 5.69 Å². The highest BCUT2D eigenvalue weighted by atomic mass is 16.7. The molecule has 24 heavy (non-hydrogen) atoms. The van der Waals surface area contributed by atoms with Crippen LogP contribution in [-0.2, 0) is 17.9 Å². The molecular weight excluding hydrogens is 310 g/mol. The number of nitrogens with zero attached hydrogens (tertiary/aromatic N) is 3. The maximum absolute atomic E-state index is 11.2. The smallest absolute Gasteiger partial charge is 0.270 e. The number of rotatable bonds is 5. The van der Waals surface area contributed by atoms with Gasteiger partial charge in [0.1, 0.15) is 5.75 Å². The fourth-order valence-corrected chi connectivity index (χ4v) is 3.39. The van der Waals surface area contributed by atoms with E-state index in [4.69, 9.17) is 9.47 Å². The number of fused-ring (bicyclic) bond motifs is 1. The van der Waals surface area contributed by atoms with Crippen molar-refractivity contribution in [3.63, 3.8) is 0 Å². The number of nitro benzene ring substituents is 1. The van der Waals surface area contributed by atoms with E-state index in [0.29, 0.717) is 19.1 Å². The minimum atomic E-state index is -0.348. The van der Waals surface area contributed by atoms with Gasteiger partial charge in [0, 0.05) is 62.5 Å². The Labute approximate surface area is 142 Å². The van der Waals surface area contributed by atoms with Gasteiger partial charge in [0.2, 0.25) is 0 Å². The van der Waals surface area contributed by atoms with Crippen LogP contribution >= 0.6 is 0 Å². The van der Waals surface area contributed by atoms with Crippen LogP contribution in [0.5, 0.6) is 5.75 Å². The fraction of sp³-hybridized carbons (Fsp3) is 0.647. The molecular formula is C17H25N3O4. The first kappa shape index (κ1) is 17.1. The summed E-state index contributed by atoms with van der Waals surface area (Å²) in [7, 11) is 0. The highest BCUT2D eigenvalue weighted by Crippen LogP contribution is 2.33. The maximum Gasteiger partial charge on any atom is 0.270 e. The highest BCUT2D eigenvalue weighted by Gasteiger charge is 2.24. The summed E-state index contributed by atoms with van der Waals surface area (Å²) in [5.41, 5.74) is 1.76. The van der Waals surface area contributed by atoms with E-state index in [-0.39, 0.29) is 17.4 Å². The van der Waals surface area contributed by atoms with Crippen molar-refractivity contribution >= 4 is 5.69 Å². The second-order valence-corrected chi connectivity index (χ2v) is 6.93. The van der Waals surface area contributed by atoms with Crippen molar-refractivity contribution in [2.24, 2.45) is 5.92 Å². The van der Waals surface area contributed by atoms with Gasteiger partial charge in [-0.2, -0.15) is 0 Å². The maximum atomic E-state index is 11.2. The summed E-state index contributed by atoms with van der Waals surface area (Å²) in [6.07, 6.45) is 0. The average molecular weight is 335 g/mol. The number of non-ortho nitro benzene ring substituents is 1. The molecule has 7 heteroatoms.